The summed E-state index contributed by atoms with van der Waals surface area (Å²) in [6.45, 7) is 3.65. The van der Waals surface area contributed by atoms with Gasteiger partial charge in [-0.25, -0.2) is 8.78 Å². The molecule has 100 valence electrons. The molecule has 0 fully saturated rings. The summed E-state index contributed by atoms with van der Waals surface area (Å²) in [5.74, 6) is -1.66. The molecule has 0 heterocycles. The maximum absolute atomic E-state index is 13.7. The highest BCUT2D eigenvalue weighted by Crippen LogP contribution is 2.28. The molecule has 1 unspecified atom stereocenters. The van der Waals surface area contributed by atoms with Gasteiger partial charge in [-0.05, 0) is 37.6 Å². The molecule has 0 radical (unpaired) electrons. The van der Waals surface area contributed by atoms with Crippen LogP contribution in [0.5, 0.6) is 0 Å². The molecular formula is C15H14ClF2N. The van der Waals surface area contributed by atoms with Crippen LogP contribution in [-0.4, -0.2) is 0 Å². The van der Waals surface area contributed by atoms with Gasteiger partial charge in [0, 0.05) is 16.3 Å². The number of rotatable bonds is 3. The molecule has 0 aliphatic carbocycles. The number of benzene rings is 2. The third kappa shape index (κ3) is 2.87. The number of halogens is 3. The second-order valence-electron chi connectivity index (χ2n) is 4.42. The lowest BCUT2D eigenvalue weighted by Crippen LogP contribution is -2.10. The predicted octanol–water partition coefficient (Wildman–Crippen LogP) is 5.10. The van der Waals surface area contributed by atoms with Crippen LogP contribution in [0.4, 0.5) is 14.5 Å². The molecule has 2 aromatic rings. The summed E-state index contributed by atoms with van der Waals surface area (Å²) in [6.07, 6.45) is 0. The van der Waals surface area contributed by atoms with Crippen molar-refractivity contribution in [3.8, 4) is 0 Å². The smallest absolute Gasteiger partial charge is 0.164 e. The van der Waals surface area contributed by atoms with Gasteiger partial charge in [0.05, 0.1) is 6.04 Å². The van der Waals surface area contributed by atoms with E-state index in [9.17, 15) is 8.78 Å². The Morgan fingerprint density at radius 1 is 1.11 bits per heavy atom. The average molecular weight is 282 g/mol. The first kappa shape index (κ1) is 13.8. The van der Waals surface area contributed by atoms with E-state index >= 15 is 0 Å². The maximum Gasteiger partial charge on any atom is 0.164 e. The van der Waals surface area contributed by atoms with Crippen LogP contribution in [0.1, 0.15) is 24.1 Å². The molecule has 0 saturated carbocycles. The summed E-state index contributed by atoms with van der Waals surface area (Å²) < 4.78 is 26.9. The van der Waals surface area contributed by atoms with Crippen molar-refractivity contribution < 1.29 is 8.78 Å². The molecule has 4 heteroatoms. The fourth-order valence-electron chi connectivity index (χ4n) is 1.93. The van der Waals surface area contributed by atoms with E-state index in [4.69, 9.17) is 11.6 Å². The van der Waals surface area contributed by atoms with Gasteiger partial charge in [-0.2, -0.15) is 0 Å². The van der Waals surface area contributed by atoms with Crippen LogP contribution in [0.25, 0.3) is 0 Å². The SMILES string of the molecule is Cc1c(Cl)cccc1NC(C)c1cccc(F)c1F. The first-order valence-electron chi connectivity index (χ1n) is 5.96. The first-order valence-corrected chi connectivity index (χ1v) is 6.34. The lowest BCUT2D eigenvalue weighted by atomic mass is 10.1. The minimum atomic E-state index is -0.839. The average Bonchev–Trinajstić information content (AvgIpc) is 2.38. The molecule has 0 saturated heterocycles. The number of anilines is 1. The van der Waals surface area contributed by atoms with Crippen molar-refractivity contribution in [2.45, 2.75) is 19.9 Å². The summed E-state index contributed by atoms with van der Waals surface area (Å²) >= 11 is 6.03. The zero-order valence-corrected chi connectivity index (χ0v) is 11.4. The van der Waals surface area contributed by atoms with Crippen molar-refractivity contribution in [3.63, 3.8) is 0 Å². The van der Waals surface area contributed by atoms with Gasteiger partial charge in [0.15, 0.2) is 11.6 Å². The van der Waals surface area contributed by atoms with Crippen molar-refractivity contribution in [2.24, 2.45) is 0 Å². The molecule has 19 heavy (non-hydrogen) atoms. The summed E-state index contributed by atoms with van der Waals surface area (Å²) in [5.41, 5.74) is 1.98. The Morgan fingerprint density at radius 2 is 1.79 bits per heavy atom. The Labute approximate surface area is 116 Å². The normalized spacial score (nSPS) is 12.3. The predicted molar refractivity (Wildman–Crippen MR) is 74.6 cm³/mol. The van der Waals surface area contributed by atoms with Crippen molar-refractivity contribution >= 4 is 17.3 Å². The molecule has 0 amide bonds. The maximum atomic E-state index is 13.7. The Bertz CT molecular complexity index is 599. The fourth-order valence-corrected chi connectivity index (χ4v) is 2.10. The highest BCUT2D eigenvalue weighted by atomic mass is 35.5. The van der Waals surface area contributed by atoms with Gasteiger partial charge in [-0.15, -0.1) is 0 Å². The number of hydrogen-bond acceptors (Lipinski definition) is 1. The zero-order chi connectivity index (χ0) is 14.0. The Kier molecular flexibility index (Phi) is 4.05. The van der Waals surface area contributed by atoms with Gasteiger partial charge >= 0.3 is 0 Å². The van der Waals surface area contributed by atoms with Crippen LogP contribution < -0.4 is 5.32 Å². The van der Waals surface area contributed by atoms with E-state index in [0.717, 1.165) is 17.3 Å². The van der Waals surface area contributed by atoms with Crippen molar-refractivity contribution in [1.29, 1.82) is 0 Å². The molecule has 2 aromatic carbocycles. The summed E-state index contributed by atoms with van der Waals surface area (Å²) in [7, 11) is 0. The quantitative estimate of drug-likeness (QED) is 0.825. The second kappa shape index (κ2) is 5.57. The minimum absolute atomic E-state index is 0.291. The standard InChI is InChI=1S/C15H14ClF2N/c1-9-12(16)6-4-8-14(9)19-10(2)11-5-3-7-13(17)15(11)18/h3-8,10,19H,1-2H3. The van der Waals surface area contributed by atoms with Crippen LogP contribution in [0.3, 0.4) is 0 Å². The summed E-state index contributed by atoms with van der Waals surface area (Å²) in [4.78, 5) is 0. The molecule has 1 nitrogen and oxygen atoms in total. The van der Waals surface area contributed by atoms with Crippen LogP contribution >= 0.6 is 11.6 Å². The molecular weight excluding hydrogens is 268 g/mol. The second-order valence-corrected chi connectivity index (χ2v) is 4.83. The van der Waals surface area contributed by atoms with Crippen molar-refractivity contribution in [3.05, 3.63) is 64.2 Å². The monoisotopic (exact) mass is 281 g/mol. The Balaban J connectivity index is 2.28. The highest BCUT2D eigenvalue weighted by Gasteiger charge is 2.15. The zero-order valence-electron chi connectivity index (χ0n) is 10.7. The molecule has 1 N–H and O–H groups in total. The van der Waals surface area contributed by atoms with Gasteiger partial charge in [-0.3, -0.25) is 0 Å². The largest absolute Gasteiger partial charge is 0.378 e. The molecule has 0 aromatic heterocycles. The fraction of sp³-hybridized carbons (Fsp3) is 0.200. The topological polar surface area (TPSA) is 12.0 Å². The first-order chi connectivity index (χ1) is 9.00. The summed E-state index contributed by atoms with van der Waals surface area (Å²) in [5, 5.41) is 3.78. The van der Waals surface area contributed by atoms with Crippen LogP contribution in [0.15, 0.2) is 36.4 Å². The highest BCUT2D eigenvalue weighted by molar-refractivity contribution is 6.31. The van der Waals surface area contributed by atoms with Crippen LogP contribution in [-0.2, 0) is 0 Å². The van der Waals surface area contributed by atoms with E-state index in [1.807, 2.05) is 19.1 Å². The van der Waals surface area contributed by atoms with E-state index < -0.39 is 11.6 Å². The van der Waals surface area contributed by atoms with Gasteiger partial charge < -0.3 is 5.32 Å². The van der Waals surface area contributed by atoms with E-state index in [2.05, 4.69) is 5.32 Å². The van der Waals surface area contributed by atoms with Gasteiger partial charge in [0.2, 0.25) is 0 Å². The van der Waals surface area contributed by atoms with E-state index in [-0.39, 0.29) is 6.04 Å². The lowest BCUT2D eigenvalue weighted by molar-refractivity contribution is 0.494. The van der Waals surface area contributed by atoms with Crippen molar-refractivity contribution in [2.75, 3.05) is 5.32 Å². The van der Waals surface area contributed by atoms with E-state index in [0.29, 0.717) is 10.6 Å². The molecule has 0 aliphatic heterocycles. The Morgan fingerprint density at radius 3 is 2.53 bits per heavy atom. The number of hydrogen-bond donors (Lipinski definition) is 1. The molecule has 0 bridgehead atoms. The Hall–Kier alpha value is -1.61. The third-order valence-electron chi connectivity index (χ3n) is 3.09. The molecule has 0 aliphatic rings. The van der Waals surface area contributed by atoms with Crippen LogP contribution in [0, 0.1) is 18.6 Å². The molecule has 1 atom stereocenters. The molecule has 0 spiro atoms. The van der Waals surface area contributed by atoms with Crippen LogP contribution in [0.2, 0.25) is 5.02 Å². The van der Waals surface area contributed by atoms with Crippen molar-refractivity contribution in [1.82, 2.24) is 0 Å². The van der Waals surface area contributed by atoms with Gasteiger partial charge in [0.25, 0.3) is 0 Å². The third-order valence-corrected chi connectivity index (χ3v) is 3.50. The van der Waals surface area contributed by atoms with Gasteiger partial charge in [-0.1, -0.05) is 29.8 Å². The summed E-state index contributed by atoms with van der Waals surface area (Å²) in [6, 6.07) is 9.27. The van der Waals surface area contributed by atoms with Gasteiger partial charge in [0.1, 0.15) is 0 Å². The van der Waals surface area contributed by atoms with E-state index in [1.165, 1.54) is 6.07 Å². The lowest BCUT2D eigenvalue weighted by Gasteiger charge is -2.18. The minimum Gasteiger partial charge on any atom is -0.378 e. The molecule has 2 rings (SSSR count). The number of nitrogens with one attached hydrogen (secondary N) is 1. The van der Waals surface area contributed by atoms with E-state index in [1.54, 1.807) is 19.1 Å².